The molecule has 1 aliphatic carbocycles. The van der Waals surface area contributed by atoms with Gasteiger partial charge in [-0.15, -0.1) is 5.10 Å². The van der Waals surface area contributed by atoms with E-state index in [4.69, 9.17) is 0 Å². The van der Waals surface area contributed by atoms with E-state index >= 15 is 0 Å². The summed E-state index contributed by atoms with van der Waals surface area (Å²) in [6.07, 6.45) is -2.24. The molecule has 1 aromatic heterocycles. The van der Waals surface area contributed by atoms with Crippen LogP contribution in [0, 0.1) is 0 Å². The molecule has 1 fully saturated rings. The second kappa shape index (κ2) is 4.52. The van der Waals surface area contributed by atoms with Crippen LogP contribution in [0.15, 0.2) is 5.16 Å². The minimum absolute atomic E-state index is 0.128. The molecular formula is C7H8BrF3N4S. The molecule has 0 bridgehead atoms. The maximum atomic E-state index is 12.2. The Morgan fingerprint density at radius 1 is 1.50 bits per heavy atom. The lowest BCUT2D eigenvalue weighted by Gasteiger charge is -2.12. The first-order chi connectivity index (χ1) is 7.48. The molecular weight excluding hydrogens is 309 g/mol. The van der Waals surface area contributed by atoms with Crippen LogP contribution in [0.1, 0.15) is 18.9 Å². The number of halogens is 4. The van der Waals surface area contributed by atoms with Crippen LogP contribution in [-0.4, -0.2) is 37.0 Å². The highest BCUT2D eigenvalue weighted by Gasteiger charge is 2.38. The lowest BCUT2D eigenvalue weighted by atomic mass is 10.5. The number of hydrogen-bond donors (Lipinski definition) is 0. The number of hydrogen-bond acceptors (Lipinski definition) is 4. The molecule has 0 spiro atoms. The smallest absolute Gasteiger partial charge is 0.217 e. The summed E-state index contributed by atoms with van der Waals surface area (Å²) in [4.78, 5) is -1.53. The van der Waals surface area contributed by atoms with Gasteiger partial charge >= 0.3 is 6.18 Å². The predicted octanol–water partition coefficient (Wildman–Crippen LogP) is 2.43. The van der Waals surface area contributed by atoms with Gasteiger partial charge < -0.3 is 0 Å². The van der Waals surface area contributed by atoms with Gasteiger partial charge in [0.1, 0.15) is 4.83 Å². The van der Waals surface area contributed by atoms with Crippen molar-refractivity contribution in [3.63, 3.8) is 0 Å². The third kappa shape index (κ3) is 2.88. The molecule has 9 heteroatoms. The lowest BCUT2D eigenvalue weighted by Crippen LogP contribution is -2.25. The molecule has 16 heavy (non-hydrogen) atoms. The summed E-state index contributed by atoms with van der Waals surface area (Å²) in [6, 6.07) is 0.275. The summed E-state index contributed by atoms with van der Waals surface area (Å²) in [5.41, 5.74) is 0. The van der Waals surface area contributed by atoms with E-state index in [1.54, 1.807) is 4.68 Å². The van der Waals surface area contributed by atoms with Crippen molar-refractivity contribution >= 4 is 27.7 Å². The van der Waals surface area contributed by atoms with Crippen LogP contribution < -0.4 is 0 Å². The van der Waals surface area contributed by atoms with E-state index in [0.29, 0.717) is 5.16 Å². The Morgan fingerprint density at radius 3 is 2.75 bits per heavy atom. The molecule has 0 N–H and O–H groups in total. The fourth-order valence-electron chi connectivity index (χ4n) is 1.07. The van der Waals surface area contributed by atoms with Crippen molar-refractivity contribution in [1.82, 2.24) is 20.2 Å². The zero-order valence-corrected chi connectivity index (χ0v) is 10.4. The maximum absolute atomic E-state index is 12.2. The van der Waals surface area contributed by atoms with Crippen molar-refractivity contribution in [3.8, 4) is 0 Å². The average Bonchev–Trinajstić information content (AvgIpc) is 2.93. The largest absolute Gasteiger partial charge is 0.402 e. The molecule has 1 aromatic rings. The topological polar surface area (TPSA) is 43.6 Å². The van der Waals surface area contributed by atoms with E-state index in [1.807, 2.05) is 0 Å². The van der Waals surface area contributed by atoms with E-state index < -0.39 is 11.0 Å². The number of aromatic nitrogens is 4. The Balaban J connectivity index is 1.92. The SMILES string of the molecule is FC(F)(F)C(Br)CSc1nnnn1C1CC1. The van der Waals surface area contributed by atoms with Gasteiger partial charge in [0.15, 0.2) is 0 Å². The first-order valence-corrected chi connectivity index (χ1v) is 6.50. The first kappa shape index (κ1) is 12.2. The molecule has 1 heterocycles. The van der Waals surface area contributed by atoms with Crippen molar-refractivity contribution in [2.75, 3.05) is 5.75 Å². The molecule has 1 atom stereocenters. The molecule has 0 aromatic carbocycles. The molecule has 2 rings (SSSR count). The number of alkyl halides is 4. The first-order valence-electron chi connectivity index (χ1n) is 4.60. The van der Waals surface area contributed by atoms with Crippen LogP contribution in [0.2, 0.25) is 0 Å². The Kier molecular flexibility index (Phi) is 3.43. The molecule has 1 aliphatic rings. The number of thioether (sulfide) groups is 1. The number of tetrazole rings is 1. The van der Waals surface area contributed by atoms with Crippen molar-refractivity contribution in [2.24, 2.45) is 0 Å². The third-order valence-corrected chi connectivity index (χ3v) is 4.37. The second-order valence-electron chi connectivity index (χ2n) is 3.46. The highest BCUT2D eigenvalue weighted by molar-refractivity contribution is 9.09. The highest BCUT2D eigenvalue weighted by atomic mass is 79.9. The molecule has 90 valence electrons. The van der Waals surface area contributed by atoms with E-state index in [0.717, 1.165) is 24.6 Å². The van der Waals surface area contributed by atoms with Crippen molar-refractivity contribution in [1.29, 1.82) is 0 Å². The van der Waals surface area contributed by atoms with Gasteiger partial charge in [-0.2, -0.15) is 13.2 Å². The van der Waals surface area contributed by atoms with E-state index in [-0.39, 0.29) is 11.8 Å². The van der Waals surface area contributed by atoms with Gasteiger partial charge in [-0.3, -0.25) is 0 Å². The van der Waals surface area contributed by atoms with Crippen LogP contribution in [0.5, 0.6) is 0 Å². The summed E-state index contributed by atoms with van der Waals surface area (Å²) in [5.74, 6) is -0.128. The van der Waals surface area contributed by atoms with Gasteiger partial charge in [0, 0.05) is 5.75 Å². The zero-order chi connectivity index (χ0) is 11.8. The Bertz CT molecular complexity index is 365. The van der Waals surface area contributed by atoms with Gasteiger partial charge in [0.25, 0.3) is 0 Å². The summed E-state index contributed by atoms with van der Waals surface area (Å²) in [5, 5.41) is 11.4. The van der Waals surface area contributed by atoms with Gasteiger partial charge in [-0.1, -0.05) is 27.7 Å². The summed E-state index contributed by atoms with van der Waals surface area (Å²) >= 11 is 3.61. The summed E-state index contributed by atoms with van der Waals surface area (Å²) < 4.78 is 38.3. The standard InChI is InChI=1S/C7H8BrF3N4S/c8-5(7(9,10)11)3-16-6-12-13-14-15(6)4-1-2-4/h4-5H,1-3H2. The van der Waals surface area contributed by atoms with E-state index in [1.165, 1.54) is 0 Å². The lowest BCUT2D eigenvalue weighted by molar-refractivity contribution is -0.122. The molecule has 0 aliphatic heterocycles. The fourth-order valence-corrected chi connectivity index (χ4v) is 2.36. The van der Waals surface area contributed by atoms with Gasteiger partial charge in [0.05, 0.1) is 6.04 Å². The minimum atomic E-state index is -4.23. The van der Waals surface area contributed by atoms with Crippen LogP contribution in [0.3, 0.4) is 0 Å². The van der Waals surface area contributed by atoms with E-state index in [9.17, 15) is 13.2 Å². The van der Waals surface area contributed by atoms with Gasteiger partial charge in [-0.05, 0) is 23.3 Å². The van der Waals surface area contributed by atoms with Crippen molar-refractivity contribution in [3.05, 3.63) is 0 Å². The highest BCUT2D eigenvalue weighted by Crippen LogP contribution is 2.37. The van der Waals surface area contributed by atoms with Crippen LogP contribution in [-0.2, 0) is 0 Å². The Morgan fingerprint density at radius 2 is 2.19 bits per heavy atom. The van der Waals surface area contributed by atoms with Crippen molar-refractivity contribution < 1.29 is 13.2 Å². The minimum Gasteiger partial charge on any atom is -0.217 e. The number of rotatable bonds is 4. The fraction of sp³-hybridized carbons (Fsp3) is 0.857. The predicted molar refractivity (Wildman–Crippen MR) is 55.6 cm³/mol. The summed E-state index contributed by atoms with van der Waals surface area (Å²) in [6.45, 7) is 0. The van der Waals surface area contributed by atoms with Gasteiger partial charge in [0.2, 0.25) is 5.16 Å². The molecule has 4 nitrogen and oxygen atoms in total. The average molecular weight is 317 g/mol. The molecule has 1 saturated carbocycles. The normalized spacial score (nSPS) is 18.8. The quantitative estimate of drug-likeness (QED) is 0.632. The maximum Gasteiger partial charge on any atom is 0.402 e. The molecule has 0 amide bonds. The Hall–Kier alpha value is -0.310. The monoisotopic (exact) mass is 316 g/mol. The third-order valence-electron chi connectivity index (χ3n) is 2.07. The van der Waals surface area contributed by atoms with Crippen LogP contribution in [0.4, 0.5) is 13.2 Å². The summed E-state index contributed by atoms with van der Waals surface area (Å²) in [7, 11) is 0. The zero-order valence-electron chi connectivity index (χ0n) is 7.98. The van der Waals surface area contributed by atoms with Crippen LogP contribution in [0.25, 0.3) is 0 Å². The van der Waals surface area contributed by atoms with Crippen LogP contribution >= 0.6 is 27.7 Å². The van der Waals surface area contributed by atoms with E-state index in [2.05, 4.69) is 31.5 Å². The van der Waals surface area contributed by atoms with Crippen molar-refractivity contribution in [2.45, 2.75) is 35.0 Å². The van der Waals surface area contributed by atoms with Gasteiger partial charge in [-0.25, -0.2) is 4.68 Å². The molecule has 0 radical (unpaired) electrons. The Labute approximate surface area is 102 Å². The number of nitrogens with zero attached hydrogens (tertiary/aromatic N) is 4. The molecule has 1 unspecified atom stereocenters. The molecule has 0 saturated heterocycles. The second-order valence-corrected chi connectivity index (χ2v) is 5.55.